The summed E-state index contributed by atoms with van der Waals surface area (Å²) in [6, 6.07) is 14.3. The zero-order valence-electron chi connectivity index (χ0n) is 17.6. The Morgan fingerprint density at radius 3 is 2.28 bits per heavy atom. The first-order valence-corrected chi connectivity index (χ1v) is 10.5. The van der Waals surface area contributed by atoms with Crippen molar-refractivity contribution in [3.63, 3.8) is 0 Å². The highest BCUT2D eigenvalue weighted by Gasteiger charge is 2.16. The Morgan fingerprint density at radius 2 is 1.62 bits per heavy atom. The van der Waals surface area contributed by atoms with E-state index in [-0.39, 0.29) is 5.91 Å². The van der Waals surface area contributed by atoms with Gasteiger partial charge < -0.3 is 19.7 Å². The van der Waals surface area contributed by atoms with Crippen LogP contribution in [0, 0.1) is 0 Å². The van der Waals surface area contributed by atoms with E-state index in [1.807, 2.05) is 35.2 Å². The number of carbonyl (C=O) groups is 1. The molecule has 156 valence electrons. The van der Waals surface area contributed by atoms with Gasteiger partial charge in [-0.05, 0) is 41.7 Å². The number of benzene rings is 2. The van der Waals surface area contributed by atoms with Crippen molar-refractivity contribution < 1.29 is 14.3 Å². The van der Waals surface area contributed by atoms with Crippen LogP contribution in [-0.2, 0) is 11.3 Å². The second kappa shape index (κ2) is 10.9. The first-order valence-electron chi connectivity index (χ1n) is 10.5. The summed E-state index contributed by atoms with van der Waals surface area (Å²) in [4.78, 5) is 14.5. The summed E-state index contributed by atoms with van der Waals surface area (Å²) in [5.74, 6) is 1.69. The number of hydrogen-bond donors (Lipinski definition) is 1. The topological polar surface area (TPSA) is 50.8 Å². The third-order valence-electron chi connectivity index (χ3n) is 5.48. The minimum absolute atomic E-state index is 0.259. The Labute approximate surface area is 174 Å². The van der Waals surface area contributed by atoms with E-state index in [1.54, 1.807) is 14.2 Å². The summed E-state index contributed by atoms with van der Waals surface area (Å²) in [6.07, 6.45) is 5.28. The third-order valence-corrected chi connectivity index (χ3v) is 5.48. The fourth-order valence-corrected chi connectivity index (χ4v) is 3.85. The molecule has 0 unspecified atom stereocenters. The van der Waals surface area contributed by atoms with Crippen LogP contribution in [0.4, 0.5) is 0 Å². The van der Waals surface area contributed by atoms with Gasteiger partial charge in [0.2, 0.25) is 5.91 Å². The zero-order chi connectivity index (χ0) is 20.5. The molecule has 0 saturated carbocycles. The molecule has 2 aromatic rings. The molecule has 0 spiro atoms. The molecule has 1 aliphatic rings. The number of rotatable bonds is 8. The van der Waals surface area contributed by atoms with Crippen molar-refractivity contribution in [2.75, 3.05) is 33.9 Å². The van der Waals surface area contributed by atoms with Crippen LogP contribution in [0.1, 0.15) is 37.7 Å². The fourth-order valence-electron chi connectivity index (χ4n) is 3.85. The van der Waals surface area contributed by atoms with E-state index in [1.165, 1.54) is 12.8 Å². The number of carbonyl (C=O) groups excluding carboxylic acids is 1. The van der Waals surface area contributed by atoms with E-state index in [2.05, 4.69) is 17.4 Å². The number of nitrogens with one attached hydrogen (secondary N) is 1. The lowest BCUT2D eigenvalue weighted by atomic mass is 9.98. The SMILES string of the molecule is COc1cc(CNCCC(=O)N2CCCCCC2)c(-c2ccccc2)cc1OC. The van der Waals surface area contributed by atoms with Gasteiger partial charge in [0.25, 0.3) is 0 Å². The highest BCUT2D eigenvalue weighted by molar-refractivity contribution is 5.76. The zero-order valence-corrected chi connectivity index (χ0v) is 17.6. The lowest BCUT2D eigenvalue weighted by Gasteiger charge is -2.20. The van der Waals surface area contributed by atoms with Gasteiger partial charge in [-0.25, -0.2) is 0 Å². The number of ether oxygens (including phenoxy) is 2. The Kier molecular flexibility index (Phi) is 7.94. The molecule has 0 atom stereocenters. The highest BCUT2D eigenvalue weighted by Crippen LogP contribution is 2.35. The average Bonchev–Trinajstić information content (AvgIpc) is 3.06. The summed E-state index contributed by atoms with van der Waals surface area (Å²) >= 11 is 0. The lowest BCUT2D eigenvalue weighted by Crippen LogP contribution is -2.33. The summed E-state index contributed by atoms with van der Waals surface area (Å²) in [7, 11) is 3.30. The van der Waals surface area contributed by atoms with Crippen molar-refractivity contribution in [1.82, 2.24) is 10.2 Å². The Balaban J connectivity index is 1.65. The van der Waals surface area contributed by atoms with E-state index >= 15 is 0 Å². The first kappa shape index (κ1) is 21.2. The number of nitrogens with zero attached hydrogens (tertiary/aromatic N) is 1. The van der Waals surface area contributed by atoms with E-state index in [0.29, 0.717) is 31.0 Å². The van der Waals surface area contributed by atoms with Gasteiger partial charge in [0.15, 0.2) is 11.5 Å². The van der Waals surface area contributed by atoms with Crippen molar-refractivity contribution in [2.24, 2.45) is 0 Å². The molecule has 1 fully saturated rings. The first-order chi connectivity index (χ1) is 14.2. The highest BCUT2D eigenvalue weighted by atomic mass is 16.5. The van der Waals surface area contributed by atoms with Crippen LogP contribution in [0.3, 0.4) is 0 Å². The molecule has 1 amide bonds. The van der Waals surface area contributed by atoms with Crippen LogP contribution in [0.2, 0.25) is 0 Å². The summed E-state index contributed by atoms with van der Waals surface area (Å²) in [5, 5.41) is 3.44. The van der Waals surface area contributed by atoms with Crippen LogP contribution in [0.5, 0.6) is 11.5 Å². The largest absolute Gasteiger partial charge is 0.493 e. The van der Waals surface area contributed by atoms with Crippen molar-refractivity contribution in [3.8, 4) is 22.6 Å². The van der Waals surface area contributed by atoms with E-state index < -0.39 is 0 Å². The molecule has 1 N–H and O–H groups in total. The second-order valence-corrected chi connectivity index (χ2v) is 7.45. The van der Waals surface area contributed by atoms with Gasteiger partial charge in [-0.3, -0.25) is 4.79 Å². The van der Waals surface area contributed by atoms with Gasteiger partial charge in [0.05, 0.1) is 14.2 Å². The molecule has 29 heavy (non-hydrogen) atoms. The second-order valence-electron chi connectivity index (χ2n) is 7.45. The van der Waals surface area contributed by atoms with Crippen LogP contribution < -0.4 is 14.8 Å². The molecule has 0 aromatic heterocycles. The average molecular weight is 397 g/mol. The van der Waals surface area contributed by atoms with E-state index in [4.69, 9.17) is 9.47 Å². The van der Waals surface area contributed by atoms with Gasteiger partial charge >= 0.3 is 0 Å². The van der Waals surface area contributed by atoms with Crippen LogP contribution in [-0.4, -0.2) is 44.7 Å². The number of methoxy groups -OCH3 is 2. The molecule has 1 heterocycles. The standard InChI is InChI=1S/C24H32N2O3/c1-28-22-16-20(21(17-23(22)29-2)19-10-6-5-7-11-19)18-25-13-12-24(27)26-14-8-3-4-9-15-26/h5-7,10-11,16-17,25H,3-4,8-9,12-15,18H2,1-2H3. The number of hydrogen-bond acceptors (Lipinski definition) is 4. The maximum absolute atomic E-state index is 12.5. The molecule has 0 bridgehead atoms. The van der Waals surface area contributed by atoms with Crippen LogP contribution >= 0.6 is 0 Å². The van der Waals surface area contributed by atoms with Crippen molar-refractivity contribution >= 4 is 5.91 Å². The molecule has 1 aliphatic heterocycles. The maximum atomic E-state index is 12.5. The van der Waals surface area contributed by atoms with Crippen molar-refractivity contribution in [2.45, 2.75) is 38.6 Å². The number of likely N-dealkylation sites (tertiary alicyclic amines) is 1. The molecular weight excluding hydrogens is 364 g/mol. The minimum Gasteiger partial charge on any atom is -0.493 e. The predicted octanol–water partition coefficient (Wildman–Crippen LogP) is 4.25. The number of amides is 1. The fraction of sp³-hybridized carbons (Fsp3) is 0.458. The van der Waals surface area contributed by atoms with Crippen LogP contribution in [0.15, 0.2) is 42.5 Å². The Morgan fingerprint density at radius 1 is 0.966 bits per heavy atom. The smallest absolute Gasteiger partial charge is 0.223 e. The molecule has 1 saturated heterocycles. The molecular formula is C24H32N2O3. The lowest BCUT2D eigenvalue weighted by molar-refractivity contribution is -0.131. The van der Waals surface area contributed by atoms with Gasteiger partial charge in [0.1, 0.15) is 0 Å². The minimum atomic E-state index is 0.259. The molecule has 0 radical (unpaired) electrons. The molecule has 5 heteroatoms. The van der Waals surface area contributed by atoms with Gasteiger partial charge in [-0.2, -0.15) is 0 Å². The predicted molar refractivity (Wildman–Crippen MR) is 116 cm³/mol. The molecule has 3 rings (SSSR count). The summed E-state index contributed by atoms with van der Waals surface area (Å²) < 4.78 is 11.0. The quantitative estimate of drug-likeness (QED) is 0.678. The van der Waals surface area contributed by atoms with Gasteiger partial charge in [0, 0.05) is 32.6 Å². The maximum Gasteiger partial charge on any atom is 0.223 e. The van der Waals surface area contributed by atoms with E-state index in [0.717, 1.165) is 42.6 Å². The third kappa shape index (κ3) is 5.73. The Hall–Kier alpha value is -2.53. The summed E-state index contributed by atoms with van der Waals surface area (Å²) in [5.41, 5.74) is 3.36. The van der Waals surface area contributed by atoms with Gasteiger partial charge in [-0.15, -0.1) is 0 Å². The monoisotopic (exact) mass is 396 g/mol. The van der Waals surface area contributed by atoms with E-state index in [9.17, 15) is 4.79 Å². The van der Waals surface area contributed by atoms with Crippen molar-refractivity contribution in [1.29, 1.82) is 0 Å². The van der Waals surface area contributed by atoms with Crippen molar-refractivity contribution in [3.05, 3.63) is 48.0 Å². The molecule has 0 aliphatic carbocycles. The van der Waals surface area contributed by atoms with Crippen LogP contribution in [0.25, 0.3) is 11.1 Å². The molecule has 2 aromatic carbocycles. The van der Waals surface area contributed by atoms with Gasteiger partial charge in [-0.1, -0.05) is 43.2 Å². The normalized spacial score (nSPS) is 14.3. The summed E-state index contributed by atoms with van der Waals surface area (Å²) in [6.45, 7) is 3.15. The Bertz CT molecular complexity index is 784. The molecule has 5 nitrogen and oxygen atoms in total.